The fraction of sp³-hybridized carbons (Fsp3) is 0.538. The second-order valence-electron chi connectivity index (χ2n) is 4.50. The highest BCUT2D eigenvalue weighted by atomic mass is 16.1. The zero-order chi connectivity index (χ0) is 10.8. The van der Waals surface area contributed by atoms with Gasteiger partial charge in [0.15, 0.2) is 0 Å². The maximum absolute atomic E-state index is 12.1. The van der Waals surface area contributed by atoms with Crippen LogP contribution in [0.5, 0.6) is 0 Å². The van der Waals surface area contributed by atoms with Gasteiger partial charge in [0, 0.05) is 12.1 Å². The highest BCUT2D eigenvalue weighted by Gasteiger charge is 2.34. The number of rotatable bonds is 4. The topological polar surface area (TPSA) is 30.0 Å². The average Bonchev–Trinajstić information content (AvgIpc) is 3.11. The number of ketones is 1. The lowest BCUT2D eigenvalue weighted by Gasteiger charge is -2.14. The maximum atomic E-state index is 12.1. The van der Waals surface area contributed by atoms with Crippen LogP contribution in [0.3, 0.4) is 0 Å². The van der Waals surface area contributed by atoms with Crippen LogP contribution in [-0.2, 0) is 4.79 Å². The summed E-state index contributed by atoms with van der Waals surface area (Å²) in [5, 5.41) is 0. The van der Waals surface area contributed by atoms with E-state index in [9.17, 15) is 4.79 Å². The van der Waals surface area contributed by atoms with Gasteiger partial charge in [-0.15, -0.1) is 0 Å². The summed E-state index contributed by atoms with van der Waals surface area (Å²) in [6.07, 6.45) is 4.20. The first-order chi connectivity index (χ1) is 7.20. The van der Waals surface area contributed by atoms with Crippen molar-refractivity contribution >= 4 is 5.78 Å². The van der Waals surface area contributed by atoms with Gasteiger partial charge in [0.2, 0.25) is 0 Å². The quantitative estimate of drug-likeness (QED) is 0.753. The minimum absolute atomic E-state index is 0.0539. The van der Waals surface area contributed by atoms with Crippen molar-refractivity contribution in [3.8, 4) is 0 Å². The van der Waals surface area contributed by atoms with Crippen LogP contribution in [0.15, 0.2) is 24.4 Å². The molecule has 80 valence electrons. The SMILES string of the molecule is CC(C(=O)C(C)C1CC1)c1ccccn1. The summed E-state index contributed by atoms with van der Waals surface area (Å²) in [6.45, 7) is 4.02. The molecule has 15 heavy (non-hydrogen) atoms. The van der Waals surface area contributed by atoms with Gasteiger partial charge in [-0.3, -0.25) is 9.78 Å². The summed E-state index contributed by atoms with van der Waals surface area (Å²) in [6, 6.07) is 5.75. The van der Waals surface area contributed by atoms with E-state index in [-0.39, 0.29) is 11.8 Å². The minimum Gasteiger partial charge on any atom is -0.299 e. The van der Waals surface area contributed by atoms with Crippen LogP contribution in [-0.4, -0.2) is 10.8 Å². The molecule has 1 aromatic heterocycles. The largest absolute Gasteiger partial charge is 0.299 e. The van der Waals surface area contributed by atoms with Gasteiger partial charge in [-0.25, -0.2) is 0 Å². The third kappa shape index (κ3) is 2.25. The number of aromatic nitrogens is 1. The number of Topliss-reactive ketones (excluding diaryl/α,β-unsaturated/α-hetero) is 1. The Morgan fingerprint density at radius 2 is 2.13 bits per heavy atom. The monoisotopic (exact) mass is 203 g/mol. The molecular formula is C13H17NO. The van der Waals surface area contributed by atoms with Crippen molar-refractivity contribution in [2.75, 3.05) is 0 Å². The molecule has 1 heterocycles. The van der Waals surface area contributed by atoms with Crippen LogP contribution in [0.2, 0.25) is 0 Å². The number of hydrogen-bond donors (Lipinski definition) is 0. The van der Waals surface area contributed by atoms with Gasteiger partial charge in [-0.2, -0.15) is 0 Å². The van der Waals surface area contributed by atoms with Gasteiger partial charge in [-0.05, 0) is 37.8 Å². The molecule has 0 spiro atoms. The normalized spacial score (nSPS) is 19.6. The number of carbonyl (C=O) groups excluding carboxylic acids is 1. The van der Waals surface area contributed by atoms with Crippen LogP contribution in [0.25, 0.3) is 0 Å². The Morgan fingerprint density at radius 1 is 1.40 bits per heavy atom. The molecule has 0 aromatic carbocycles. The van der Waals surface area contributed by atoms with E-state index in [1.807, 2.05) is 25.1 Å². The summed E-state index contributed by atoms with van der Waals surface area (Å²) >= 11 is 0. The molecule has 0 saturated heterocycles. The van der Waals surface area contributed by atoms with Crippen molar-refractivity contribution in [2.45, 2.75) is 32.6 Å². The molecule has 2 heteroatoms. The van der Waals surface area contributed by atoms with Crippen molar-refractivity contribution in [1.29, 1.82) is 0 Å². The van der Waals surface area contributed by atoms with Crippen LogP contribution in [0.1, 0.15) is 38.3 Å². The van der Waals surface area contributed by atoms with E-state index in [1.165, 1.54) is 12.8 Å². The van der Waals surface area contributed by atoms with E-state index in [2.05, 4.69) is 11.9 Å². The van der Waals surface area contributed by atoms with E-state index >= 15 is 0 Å². The lowest BCUT2D eigenvalue weighted by Crippen LogP contribution is -2.20. The number of hydrogen-bond acceptors (Lipinski definition) is 2. The summed E-state index contributed by atoms with van der Waals surface area (Å²) in [5.74, 6) is 1.14. The van der Waals surface area contributed by atoms with Gasteiger partial charge in [0.05, 0.1) is 11.6 Å². The molecule has 1 aromatic rings. The van der Waals surface area contributed by atoms with Crippen molar-refractivity contribution in [1.82, 2.24) is 4.98 Å². The zero-order valence-corrected chi connectivity index (χ0v) is 9.31. The van der Waals surface area contributed by atoms with Crippen molar-refractivity contribution in [3.63, 3.8) is 0 Å². The Morgan fingerprint density at radius 3 is 2.67 bits per heavy atom. The number of nitrogens with zero attached hydrogens (tertiary/aromatic N) is 1. The zero-order valence-electron chi connectivity index (χ0n) is 9.31. The first kappa shape index (κ1) is 10.3. The predicted molar refractivity (Wildman–Crippen MR) is 59.5 cm³/mol. The summed E-state index contributed by atoms with van der Waals surface area (Å²) in [4.78, 5) is 16.3. The van der Waals surface area contributed by atoms with Crippen LogP contribution >= 0.6 is 0 Å². The van der Waals surface area contributed by atoms with Crippen LogP contribution < -0.4 is 0 Å². The highest BCUT2D eigenvalue weighted by molar-refractivity contribution is 5.87. The molecule has 1 aliphatic carbocycles. The molecule has 1 fully saturated rings. The van der Waals surface area contributed by atoms with Gasteiger partial charge in [0.1, 0.15) is 5.78 Å². The Hall–Kier alpha value is -1.18. The fourth-order valence-corrected chi connectivity index (χ4v) is 2.00. The first-order valence-electron chi connectivity index (χ1n) is 5.65. The Labute approximate surface area is 90.7 Å². The van der Waals surface area contributed by atoms with Gasteiger partial charge < -0.3 is 0 Å². The van der Waals surface area contributed by atoms with E-state index < -0.39 is 0 Å². The molecule has 2 nitrogen and oxygen atoms in total. The molecule has 0 amide bonds. The Bertz CT molecular complexity index is 343. The number of carbonyl (C=O) groups is 1. The molecule has 1 aliphatic rings. The molecule has 0 bridgehead atoms. The summed E-state index contributed by atoms with van der Waals surface area (Å²) < 4.78 is 0. The third-order valence-corrected chi connectivity index (χ3v) is 3.34. The Balaban J connectivity index is 2.07. The second-order valence-corrected chi connectivity index (χ2v) is 4.50. The van der Waals surface area contributed by atoms with Crippen LogP contribution in [0.4, 0.5) is 0 Å². The molecule has 2 rings (SSSR count). The molecular weight excluding hydrogens is 186 g/mol. The van der Waals surface area contributed by atoms with Crippen molar-refractivity contribution in [2.24, 2.45) is 11.8 Å². The van der Waals surface area contributed by atoms with Gasteiger partial charge in [-0.1, -0.05) is 13.0 Å². The molecule has 0 N–H and O–H groups in total. The molecule has 0 radical (unpaired) electrons. The lowest BCUT2D eigenvalue weighted by atomic mass is 9.89. The summed E-state index contributed by atoms with van der Waals surface area (Å²) in [7, 11) is 0. The second kappa shape index (κ2) is 4.13. The van der Waals surface area contributed by atoms with Crippen molar-refractivity contribution in [3.05, 3.63) is 30.1 Å². The summed E-state index contributed by atoms with van der Waals surface area (Å²) in [5.41, 5.74) is 0.898. The minimum atomic E-state index is -0.0539. The van der Waals surface area contributed by atoms with Crippen molar-refractivity contribution < 1.29 is 4.79 Å². The van der Waals surface area contributed by atoms with E-state index in [0.29, 0.717) is 11.7 Å². The molecule has 2 unspecified atom stereocenters. The standard InChI is InChI=1S/C13H17NO/c1-9(11-6-7-11)13(15)10(2)12-5-3-4-8-14-12/h3-5,8-11H,6-7H2,1-2H3. The highest BCUT2D eigenvalue weighted by Crippen LogP contribution is 2.39. The Kier molecular flexibility index (Phi) is 2.85. The molecule has 2 atom stereocenters. The van der Waals surface area contributed by atoms with Gasteiger partial charge in [0.25, 0.3) is 0 Å². The van der Waals surface area contributed by atoms with E-state index in [1.54, 1.807) is 6.20 Å². The lowest BCUT2D eigenvalue weighted by molar-refractivity contribution is -0.124. The van der Waals surface area contributed by atoms with Gasteiger partial charge >= 0.3 is 0 Å². The first-order valence-corrected chi connectivity index (χ1v) is 5.65. The van der Waals surface area contributed by atoms with Crippen LogP contribution in [0, 0.1) is 11.8 Å². The predicted octanol–water partition coefficient (Wildman–Crippen LogP) is 2.80. The maximum Gasteiger partial charge on any atom is 0.144 e. The fourth-order valence-electron chi connectivity index (χ4n) is 2.00. The van der Waals surface area contributed by atoms with E-state index in [4.69, 9.17) is 0 Å². The smallest absolute Gasteiger partial charge is 0.144 e. The average molecular weight is 203 g/mol. The van der Waals surface area contributed by atoms with E-state index in [0.717, 1.165) is 5.69 Å². The number of pyridine rings is 1. The molecule has 0 aliphatic heterocycles. The molecule has 1 saturated carbocycles. The third-order valence-electron chi connectivity index (χ3n) is 3.34.